The summed E-state index contributed by atoms with van der Waals surface area (Å²) in [6, 6.07) is 10.2. The summed E-state index contributed by atoms with van der Waals surface area (Å²) in [5, 5.41) is 15.9. The number of imidazole rings is 1. The molecule has 8 nitrogen and oxygen atoms in total. The van der Waals surface area contributed by atoms with Gasteiger partial charge in [-0.05, 0) is 25.0 Å². The molecule has 0 atom stereocenters. The molecular formula is C18H20N8. The Morgan fingerprint density at radius 3 is 2.62 bits per heavy atom. The fraction of sp³-hybridized carbons (Fsp3) is 0.389. The van der Waals surface area contributed by atoms with Crippen molar-refractivity contribution in [3.63, 3.8) is 0 Å². The van der Waals surface area contributed by atoms with Gasteiger partial charge in [-0.25, -0.2) is 4.98 Å². The first-order valence-corrected chi connectivity index (χ1v) is 8.79. The molecule has 0 bridgehead atoms. The summed E-state index contributed by atoms with van der Waals surface area (Å²) in [4.78, 5) is 17.8. The maximum atomic E-state index is 9.71. The van der Waals surface area contributed by atoms with E-state index in [9.17, 15) is 5.26 Å². The van der Waals surface area contributed by atoms with Gasteiger partial charge in [0.1, 0.15) is 11.9 Å². The quantitative estimate of drug-likeness (QED) is 0.747. The molecule has 3 aromatic rings. The largest absolute Gasteiger partial charge is 0.357 e. The summed E-state index contributed by atoms with van der Waals surface area (Å²) in [6.07, 6.45) is 6.52. The molecule has 4 rings (SSSR count). The van der Waals surface area contributed by atoms with E-state index in [0.29, 0.717) is 17.8 Å². The summed E-state index contributed by atoms with van der Waals surface area (Å²) in [5.41, 5.74) is 1.17. The van der Waals surface area contributed by atoms with Crippen LogP contribution in [0.15, 0.2) is 30.6 Å². The topological polar surface area (TPSA) is 104 Å². The van der Waals surface area contributed by atoms with E-state index in [1.807, 2.05) is 28.8 Å². The molecule has 26 heavy (non-hydrogen) atoms. The van der Waals surface area contributed by atoms with Crippen LogP contribution in [-0.2, 0) is 0 Å². The van der Waals surface area contributed by atoms with Crippen molar-refractivity contribution in [2.75, 3.05) is 17.7 Å². The van der Waals surface area contributed by atoms with Crippen LogP contribution < -0.4 is 10.6 Å². The third-order valence-electron chi connectivity index (χ3n) is 4.79. The molecular weight excluding hydrogens is 328 g/mol. The van der Waals surface area contributed by atoms with E-state index in [-0.39, 0.29) is 0 Å². The Morgan fingerprint density at radius 1 is 1.08 bits per heavy atom. The lowest BCUT2D eigenvalue weighted by Gasteiger charge is -2.31. The highest BCUT2D eigenvalue weighted by atomic mass is 15.3. The summed E-state index contributed by atoms with van der Waals surface area (Å²) < 4.78 is 1.82. The van der Waals surface area contributed by atoms with Gasteiger partial charge in [-0.1, -0.05) is 31.4 Å². The van der Waals surface area contributed by atoms with Gasteiger partial charge in [-0.2, -0.15) is 20.2 Å². The predicted octanol–water partition coefficient (Wildman–Crippen LogP) is 2.89. The van der Waals surface area contributed by atoms with Gasteiger partial charge in [-0.15, -0.1) is 0 Å². The first-order valence-electron chi connectivity index (χ1n) is 8.79. The van der Waals surface area contributed by atoms with Gasteiger partial charge >= 0.3 is 0 Å². The van der Waals surface area contributed by atoms with Gasteiger partial charge in [0, 0.05) is 7.05 Å². The van der Waals surface area contributed by atoms with E-state index in [1.165, 1.54) is 0 Å². The Balaban J connectivity index is 1.75. The number of anilines is 2. The van der Waals surface area contributed by atoms with Crippen LogP contribution >= 0.6 is 0 Å². The monoisotopic (exact) mass is 348 g/mol. The van der Waals surface area contributed by atoms with Crippen molar-refractivity contribution in [1.82, 2.24) is 24.5 Å². The van der Waals surface area contributed by atoms with Crippen molar-refractivity contribution in [2.24, 2.45) is 0 Å². The van der Waals surface area contributed by atoms with E-state index in [4.69, 9.17) is 0 Å². The van der Waals surface area contributed by atoms with Crippen molar-refractivity contribution in [1.29, 1.82) is 5.26 Å². The van der Waals surface area contributed by atoms with E-state index < -0.39 is 5.54 Å². The molecule has 8 heteroatoms. The van der Waals surface area contributed by atoms with Crippen molar-refractivity contribution < 1.29 is 0 Å². The number of hydrogen-bond donors (Lipinski definition) is 2. The second-order valence-electron chi connectivity index (χ2n) is 6.52. The van der Waals surface area contributed by atoms with Crippen molar-refractivity contribution in [2.45, 2.75) is 37.6 Å². The fourth-order valence-corrected chi connectivity index (χ4v) is 3.39. The normalized spacial score (nSPS) is 16.2. The Hall–Kier alpha value is -3.21. The third-order valence-corrected chi connectivity index (χ3v) is 4.79. The van der Waals surface area contributed by atoms with Crippen LogP contribution in [0.3, 0.4) is 0 Å². The first kappa shape index (κ1) is 16.3. The third kappa shape index (κ3) is 2.92. The van der Waals surface area contributed by atoms with Gasteiger partial charge in [0.2, 0.25) is 17.8 Å². The SMILES string of the molecule is CNc1nc(NC2(C#N)CCCCC2)nc(-n2cnc3ccccc32)n1. The van der Waals surface area contributed by atoms with Crippen molar-refractivity contribution in [3.05, 3.63) is 30.6 Å². The number of hydrogen-bond acceptors (Lipinski definition) is 7. The lowest BCUT2D eigenvalue weighted by molar-refractivity contribution is 0.390. The average molecular weight is 348 g/mol. The predicted molar refractivity (Wildman–Crippen MR) is 99.1 cm³/mol. The average Bonchev–Trinajstić information content (AvgIpc) is 3.12. The van der Waals surface area contributed by atoms with Crippen molar-refractivity contribution in [3.8, 4) is 12.0 Å². The summed E-state index contributed by atoms with van der Waals surface area (Å²) in [7, 11) is 1.76. The van der Waals surface area contributed by atoms with E-state index >= 15 is 0 Å². The number of fused-ring (bicyclic) bond motifs is 1. The number of rotatable bonds is 4. The molecule has 1 fully saturated rings. The molecule has 1 aromatic carbocycles. The number of para-hydroxylation sites is 2. The molecule has 2 aromatic heterocycles. The smallest absolute Gasteiger partial charge is 0.242 e. The minimum absolute atomic E-state index is 0.403. The number of nitrogens with zero attached hydrogens (tertiary/aromatic N) is 6. The van der Waals surface area contributed by atoms with Crippen LogP contribution in [0.5, 0.6) is 0 Å². The highest BCUT2D eigenvalue weighted by Gasteiger charge is 2.33. The zero-order valence-electron chi connectivity index (χ0n) is 14.6. The van der Waals surface area contributed by atoms with E-state index in [1.54, 1.807) is 13.4 Å². The molecule has 132 valence electrons. The Bertz CT molecular complexity index is 965. The minimum Gasteiger partial charge on any atom is -0.357 e. The molecule has 1 saturated carbocycles. The lowest BCUT2D eigenvalue weighted by atomic mass is 9.83. The highest BCUT2D eigenvalue weighted by molar-refractivity contribution is 5.76. The molecule has 2 heterocycles. The van der Waals surface area contributed by atoms with Gasteiger partial charge in [-0.3, -0.25) is 4.57 Å². The van der Waals surface area contributed by atoms with Crippen LogP contribution in [0.1, 0.15) is 32.1 Å². The molecule has 1 aliphatic rings. The van der Waals surface area contributed by atoms with Gasteiger partial charge < -0.3 is 10.6 Å². The standard InChI is InChI=1S/C18H20N8/c1-20-15-22-16(25-18(11-19)9-5-2-6-10-18)24-17(23-15)26-12-21-13-7-3-4-8-14(13)26/h3-4,7-8,12H,2,5-6,9-10H2,1H3,(H2,20,22,23,24,25). The second-order valence-corrected chi connectivity index (χ2v) is 6.52. The molecule has 0 aliphatic heterocycles. The summed E-state index contributed by atoms with van der Waals surface area (Å²) in [6.45, 7) is 0. The van der Waals surface area contributed by atoms with Gasteiger partial charge in [0.15, 0.2) is 0 Å². The van der Waals surface area contributed by atoms with Gasteiger partial charge in [0.25, 0.3) is 0 Å². The molecule has 1 aliphatic carbocycles. The van der Waals surface area contributed by atoms with Crippen LogP contribution in [0.4, 0.5) is 11.9 Å². The molecule has 0 amide bonds. The molecule has 0 saturated heterocycles. The molecule has 0 unspecified atom stereocenters. The Morgan fingerprint density at radius 2 is 1.85 bits per heavy atom. The minimum atomic E-state index is -0.612. The van der Waals surface area contributed by atoms with Crippen LogP contribution in [-0.4, -0.2) is 37.1 Å². The second kappa shape index (κ2) is 6.59. The molecule has 0 spiro atoms. The number of nitrogens with one attached hydrogen (secondary N) is 2. The fourth-order valence-electron chi connectivity index (χ4n) is 3.39. The lowest BCUT2D eigenvalue weighted by Crippen LogP contribution is -2.39. The Kier molecular flexibility index (Phi) is 4.13. The Labute approximate surface area is 151 Å². The van der Waals surface area contributed by atoms with Crippen LogP contribution in [0.25, 0.3) is 17.0 Å². The van der Waals surface area contributed by atoms with E-state index in [2.05, 4.69) is 36.6 Å². The zero-order chi connectivity index (χ0) is 18.0. The number of aromatic nitrogens is 5. The first-order chi connectivity index (χ1) is 12.7. The molecule has 0 radical (unpaired) electrons. The maximum Gasteiger partial charge on any atom is 0.242 e. The van der Waals surface area contributed by atoms with E-state index in [0.717, 1.165) is 43.1 Å². The van der Waals surface area contributed by atoms with Crippen LogP contribution in [0.2, 0.25) is 0 Å². The van der Waals surface area contributed by atoms with Crippen LogP contribution in [0, 0.1) is 11.3 Å². The highest BCUT2D eigenvalue weighted by Crippen LogP contribution is 2.30. The summed E-state index contributed by atoms with van der Waals surface area (Å²) in [5.74, 6) is 1.31. The molecule has 2 N–H and O–H groups in total. The zero-order valence-corrected chi connectivity index (χ0v) is 14.6. The van der Waals surface area contributed by atoms with Crippen molar-refractivity contribution >= 4 is 22.9 Å². The maximum absolute atomic E-state index is 9.71. The number of benzene rings is 1. The number of nitriles is 1. The summed E-state index contributed by atoms with van der Waals surface area (Å²) >= 11 is 0. The van der Waals surface area contributed by atoms with Gasteiger partial charge in [0.05, 0.1) is 17.1 Å².